The predicted octanol–water partition coefficient (Wildman–Crippen LogP) is 2.86. The maximum atomic E-state index is 12.1. The molecule has 0 saturated carbocycles. The summed E-state index contributed by atoms with van der Waals surface area (Å²) in [4.78, 5) is 23.7. The Morgan fingerprint density at radius 1 is 1.30 bits per heavy atom. The van der Waals surface area contributed by atoms with Crippen molar-refractivity contribution in [2.24, 2.45) is 5.92 Å². The van der Waals surface area contributed by atoms with E-state index in [-0.39, 0.29) is 24.1 Å². The van der Waals surface area contributed by atoms with Crippen LogP contribution in [0.25, 0.3) is 11.3 Å². The molecule has 1 aromatic heterocycles. The second-order valence-electron chi connectivity index (χ2n) is 4.90. The van der Waals surface area contributed by atoms with E-state index in [1.807, 2.05) is 30.3 Å². The normalized spacial score (nSPS) is 17.6. The zero-order chi connectivity index (χ0) is 14.1. The molecule has 2 aromatic rings. The maximum Gasteiger partial charge on any atom is 0.309 e. The molecule has 20 heavy (non-hydrogen) atoms. The number of carbonyl (C=O) groups excluding carboxylic acids is 2. The molecule has 0 saturated heterocycles. The highest BCUT2D eigenvalue weighted by molar-refractivity contribution is 6.01. The van der Waals surface area contributed by atoms with E-state index in [1.165, 1.54) is 7.11 Å². The number of methoxy groups -OCH3 is 1. The molecule has 0 spiro atoms. The molecular formula is C16H14O4. The third-order valence-corrected chi connectivity index (χ3v) is 3.64. The van der Waals surface area contributed by atoms with E-state index in [2.05, 4.69) is 0 Å². The lowest BCUT2D eigenvalue weighted by molar-refractivity contribution is -0.145. The standard InChI is InChI=1S/C16H14O4/c1-19-16(18)12-8-11-7-10(15-3-2-6-20-15)4-5-13(11)14(17)9-12/h2-7,12H,8-9H2,1H3. The molecule has 102 valence electrons. The molecule has 0 fully saturated rings. The lowest BCUT2D eigenvalue weighted by atomic mass is 9.82. The molecule has 1 atom stereocenters. The maximum absolute atomic E-state index is 12.1. The zero-order valence-corrected chi connectivity index (χ0v) is 11.1. The molecule has 4 heteroatoms. The lowest BCUT2D eigenvalue weighted by Gasteiger charge is -2.22. The Bertz CT molecular complexity index is 655. The van der Waals surface area contributed by atoms with Crippen molar-refractivity contribution < 1.29 is 18.7 Å². The number of hydrogen-bond acceptors (Lipinski definition) is 4. The quantitative estimate of drug-likeness (QED) is 0.787. The van der Waals surface area contributed by atoms with Crippen molar-refractivity contribution >= 4 is 11.8 Å². The van der Waals surface area contributed by atoms with Gasteiger partial charge in [-0.05, 0) is 30.2 Å². The van der Waals surface area contributed by atoms with Crippen LogP contribution in [0, 0.1) is 5.92 Å². The van der Waals surface area contributed by atoms with Crippen molar-refractivity contribution in [2.45, 2.75) is 12.8 Å². The minimum atomic E-state index is -0.383. The summed E-state index contributed by atoms with van der Waals surface area (Å²) in [6.45, 7) is 0. The van der Waals surface area contributed by atoms with Crippen molar-refractivity contribution in [2.75, 3.05) is 7.11 Å². The molecule has 0 bridgehead atoms. The van der Waals surface area contributed by atoms with Crippen molar-refractivity contribution in [3.05, 3.63) is 47.7 Å². The van der Waals surface area contributed by atoms with Gasteiger partial charge in [0.2, 0.25) is 0 Å². The number of ether oxygens (including phenoxy) is 1. The number of carbonyl (C=O) groups is 2. The highest BCUT2D eigenvalue weighted by atomic mass is 16.5. The summed E-state index contributed by atoms with van der Waals surface area (Å²) < 4.78 is 10.1. The molecule has 4 nitrogen and oxygen atoms in total. The van der Waals surface area contributed by atoms with Crippen LogP contribution in [0.5, 0.6) is 0 Å². The number of furan rings is 1. The van der Waals surface area contributed by atoms with Crippen LogP contribution in [0.4, 0.5) is 0 Å². The molecule has 1 aliphatic carbocycles. The van der Waals surface area contributed by atoms with Crippen LogP contribution in [0.2, 0.25) is 0 Å². The Morgan fingerprint density at radius 2 is 2.15 bits per heavy atom. The smallest absolute Gasteiger partial charge is 0.309 e. The van der Waals surface area contributed by atoms with Gasteiger partial charge in [0.15, 0.2) is 5.78 Å². The topological polar surface area (TPSA) is 56.5 Å². The van der Waals surface area contributed by atoms with Gasteiger partial charge < -0.3 is 9.15 Å². The number of Topliss-reactive ketones (excluding diaryl/α,β-unsaturated/α-hetero) is 1. The molecular weight excluding hydrogens is 256 g/mol. The largest absolute Gasteiger partial charge is 0.469 e. The predicted molar refractivity (Wildman–Crippen MR) is 72.3 cm³/mol. The Kier molecular flexibility index (Phi) is 3.14. The van der Waals surface area contributed by atoms with Crippen LogP contribution in [-0.4, -0.2) is 18.9 Å². The summed E-state index contributed by atoms with van der Waals surface area (Å²) in [6.07, 6.45) is 2.36. The van der Waals surface area contributed by atoms with E-state index in [4.69, 9.17) is 9.15 Å². The first-order valence-electron chi connectivity index (χ1n) is 6.47. The molecule has 0 N–H and O–H groups in total. The van der Waals surface area contributed by atoms with Crippen LogP contribution in [0.1, 0.15) is 22.3 Å². The Balaban J connectivity index is 1.98. The summed E-state index contributed by atoms with van der Waals surface area (Å²) in [6, 6.07) is 9.28. The van der Waals surface area contributed by atoms with Crippen molar-refractivity contribution in [3.63, 3.8) is 0 Å². The average molecular weight is 270 g/mol. The Morgan fingerprint density at radius 3 is 2.85 bits per heavy atom. The second-order valence-corrected chi connectivity index (χ2v) is 4.90. The molecule has 1 heterocycles. The van der Waals surface area contributed by atoms with E-state index in [1.54, 1.807) is 6.26 Å². The van der Waals surface area contributed by atoms with Gasteiger partial charge in [-0.3, -0.25) is 9.59 Å². The van der Waals surface area contributed by atoms with Crippen molar-refractivity contribution in [1.29, 1.82) is 0 Å². The highest BCUT2D eigenvalue weighted by Crippen LogP contribution is 2.30. The van der Waals surface area contributed by atoms with E-state index < -0.39 is 0 Å². The summed E-state index contributed by atoms with van der Waals surface area (Å²) in [5.41, 5.74) is 2.48. The minimum absolute atomic E-state index is 0.00681. The molecule has 0 aliphatic heterocycles. The third-order valence-electron chi connectivity index (χ3n) is 3.64. The van der Waals surface area contributed by atoms with Gasteiger partial charge in [0.05, 0.1) is 19.3 Å². The number of esters is 1. The molecule has 1 aliphatic rings. The monoisotopic (exact) mass is 270 g/mol. The first-order valence-corrected chi connectivity index (χ1v) is 6.47. The Labute approximate surface area is 116 Å². The van der Waals surface area contributed by atoms with E-state index in [0.29, 0.717) is 12.0 Å². The minimum Gasteiger partial charge on any atom is -0.469 e. The van der Waals surface area contributed by atoms with Gasteiger partial charge in [0.1, 0.15) is 5.76 Å². The number of fused-ring (bicyclic) bond motifs is 1. The van der Waals surface area contributed by atoms with Gasteiger partial charge in [-0.25, -0.2) is 0 Å². The fourth-order valence-electron chi connectivity index (χ4n) is 2.64. The summed E-state index contributed by atoms with van der Waals surface area (Å²) in [5.74, 6) is 0.0346. The van der Waals surface area contributed by atoms with Crippen LogP contribution in [-0.2, 0) is 16.0 Å². The van der Waals surface area contributed by atoms with Crippen LogP contribution >= 0.6 is 0 Å². The SMILES string of the molecule is COC(=O)C1CC(=O)c2ccc(-c3ccco3)cc2C1. The van der Waals surface area contributed by atoms with Gasteiger partial charge in [-0.1, -0.05) is 12.1 Å². The fraction of sp³-hybridized carbons (Fsp3) is 0.250. The first kappa shape index (κ1) is 12.7. The van der Waals surface area contributed by atoms with Gasteiger partial charge in [-0.2, -0.15) is 0 Å². The van der Waals surface area contributed by atoms with E-state index >= 15 is 0 Å². The first-order chi connectivity index (χ1) is 9.69. The van der Waals surface area contributed by atoms with Crippen LogP contribution < -0.4 is 0 Å². The van der Waals surface area contributed by atoms with Crippen molar-refractivity contribution in [1.82, 2.24) is 0 Å². The summed E-state index contributed by atoms with van der Waals surface area (Å²) >= 11 is 0. The molecule has 1 aromatic carbocycles. The summed E-state index contributed by atoms with van der Waals surface area (Å²) in [7, 11) is 1.35. The van der Waals surface area contributed by atoms with Crippen molar-refractivity contribution in [3.8, 4) is 11.3 Å². The van der Waals surface area contributed by atoms with E-state index in [9.17, 15) is 9.59 Å². The number of ketones is 1. The number of benzene rings is 1. The number of hydrogen-bond donors (Lipinski definition) is 0. The van der Waals surface area contributed by atoms with Crippen LogP contribution in [0.3, 0.4) is 0 Å². The molecule has 0 amide bonds. The molecule has 0 radical (unpaired) electrons. The van der Waals surface area contributed by atoms with Gasteiger partial charge in [-0.15, -0.1) is 0 Å². The fourth-order valence-corrected chi connectivity index (χ4v) is 2.64. The number of rotatable bonds is 2. The molecule has 3 rings (SSSR count). The average Bonchev–Trinajstić information content (AvgIpc) is 3.00. The molecule has 1 unspecified atom stereocenters. The second kappa shape index (κ2) is 4.96. The lowest BCUT2D eigenvalue weighted by Crippen LogP contribution is -2.27. The third kappa shape index (κ3) is 2.13. The summed E-state index contributed by atoms with van der Waals surface area (Å²) in [5, 5.41) is 0. The Hall–Kier alpha value is -2.36. The van der Waals surface area contributed by atoms with Gasteiger partial charge in [0, 0.05) is 17.5 Å². The highest BCUT2D eigenvalue weighted by Gasteiger charge is 2.30. The zero-order valence-electron chi connectivity index (χ0n) is 11.1. The van der Waals surface area contributed by atoms with Gasteiger partial charge in [0.25, 0.3) is 0 Å². The van der Waals surface area contributed by atoms with Gasteiger partial charge >= 0.3 is 5.97 Å². The van der Waals surface area contributed by atoms with Crippen LogP contribution in [0.15, 0.2) is 41.0 Å². The van der Waals surface area contributed by atoms with E-state index in [0.717, 1.165) is 16.9 Å².